The van der Waals surface area contributed by atoms with Gasteiger partial charge in [0, 0.05) is 16.1 Å². The van der Waals surface area contributed by atoms with Gasteiger partial charge in [0.15, 0.2) is 0 Å². The van der Waals surface area contributed by atoms with Crippen LogP contribution in [-0.4, -0.2) is 35.2 Å². The minimum atomic E-state index is -1.20. The lowest BCUT2D eigenvalue weighted by Crippen LogP contribution is -2.54. The molecule has 158 valence electrons. The Labute approximate surface area is 192 Å². The van der Waals surface area contributed by atoms with Crippen LogP contribution >= 0.6 is 27.5 Å². The summed E-state index contributed by atoms with van der Waals surface area (Å²) in [4.78, 5) is 44.5. The van der Waals surface area contributed by atoms with Crippen LogP contribution in [0.4, 0.5) is 11.4 Å². The third kappa shape index (κ3) is 2.29. The van der Waals surface area contributed by atoms with Crippen LogP contribution in [0.3, 0.4) is 0 Å². The maximum absolute atomic E-state index is 13.9. The van der Waals surface area contributed by atoms with E-state index >= 15 is 0 Å². The predicted molar refractivity (Wildman–Crippen MR) is 120 cm³/mol. The smallest absolute Gasteiger partial charge is 0.250 e. The summed E-state index contributed by atoms with van der Waals surface area (Å²) in [5.74, 6) is -2.10. The summed E-state index contributed by atoms with van der Waals surface area (Å²) >= 11 is 9.89. The Morgan fingerprint density at radius 3 is 2.61 bits per heavy atom. The molecule has 6 nitrogen and oxygen atoms in total. The lowest BCUT2D eigenvalue weighted by molar-refractivity contribution is -0.135. The van der Waals surface area contributed by atoms with Gasteiger partial charge < -0.3 is 5.32 Å². The second-order valence-electron chi connectivity index (χ2n) is 8.78. The highest BCUT2D eigenvalue weighted by molar-refractivity contribution is 9.10. The van der Waals surface area contributed by atoms with Crippen LogP contribution in [-0.2, 0) is 19.9 Å². The third-order valence-corrected chi connectivity index (χ3v) is 8.11. The fourth-order valence-electron chi connectivity index (χ4n) is 6.24. The van der Waals surface area contributed by atoms with Gasteiger partial charge in [-0.15, -0.1) is 0 Å². The maximum Gasteiger partial charge on any atom is 0.250 e. The molecule has 4 aliphatic rings. The predicted octanol–water partition coefficient (Wildman–Crippen LogP) is 3.84. The second kappa shape index (κ2) is 6.40. The first-order valence-electron chi connectivity index (χ1n) is 10.4. The number of nitrogens with one attached hydrogen (secondary N) is 1. The highest BCUT2D eigenvalue weighted by Gasteiger charge is 2.74. The number of anilines is 2. The number of rotatable bonds is 1. The molecule has 0 radical (unpaired) electrons. The first-order valence-corrected chi connectivity index (χ1v) is 11.5. The first-order chi connectivity index (χ1) is 14.9. The van der Waals surface area contributed by atoms with Crippen LogP contribution in [0.5, 0.6) is 0 Å². The number of fused-ring (bicyclic) bond motifs is 7. The molecule has 6 rings (SSSR count). The average Bonchev–Trinajstić information content (AvgIpc) is 3.42. The molecule has 0 aromatic heterocycles. The number of nitrogens with zero attached hydrogens (tertiary/aromatic N) is 2. The van der Waals surface area contributed by atoms with E-state index in [1.807, 2.05) is 31.2 Å². The van der Waals surface area contributed by atoms with E-state index in [2.05, 4.69) is 26.1 Å². The molecular formula is C23H19BrClN3O3. The molecule has 2 aromatic rings. The van der Waals surface area contributed by atoms with Gasteiger partial charge in [0.05, 0.1) is 28.2 Å². The molecular weight excluding hydrogens is 482 g/mol. The summed E-state index contributed by atoms with van der Waals surface area (Å²) in [7, 11) is 0. The molecule has 0 unspecified atom stereocenters. The number of amides is 3. The monoisotopic (exact) mass is 499 g/mol. The van der Waals surface area contributed by atoms with Gasteiger partial charge in [0.25, 0.3) is 5.91 Å². The number of carbonyl (C=O) groups excluding carboxylic acids is 3. The van der Waals surface area contributed by atoms with Crippen molar-refractivity contribution in [3.63, 3.8) is 0 Å². The molecule has 3 amide bonds. The molecule has 0 bridgehead atoms. The standard InChI is InChI=1S/C23H19BrClN3O3/c1-11-9-14-19(15(25)10-11)26-22(31)23(14)18-17(16-3-2-8-27(16)23)20(29)28(21(18)30)13-6-4-12(24)5-7-13/h4-7,9-10,16-18H,2-3,8H2,1H3,(H,26,31)/t16-,17-,18-,23+/m0/s1. The lowest BCUT2D eigenvalue weighted by atomic mass is 9.75. The van der Waals surface area contributed by atoms with Crippen molar-refractivity contribution in [3.8, 4) is 0 Å². The maximum atomic E-state index is 13.9. The van der Waals surface area contributed by atoms with Gasteiger partial charge >= 0.3 is 0 Å². The Bertz CT molecular complexity index is 1180. The van der Waals surface area contributed by atoms with Crippen molar-refractivity contribution in [2.45, 2.75) is 31.3 Å². The number of benzene rings is 2. The van der Waals surface area contributed by atoms with Crippen molar-refractivity contribution < 1.29 is 14.4 Å². The summed E-state index contributed by atoms with van der Waals surface area (Å²) in [5, 5.41) is 3.41. The summed E-state index contributed by atoms with van der Waals surface area (Å²) in [6.45, 7) is 2.60. The normalized spacial score (nSPS) is 31.4. The Morgan fingerprint density at radius 2 is 1.87 bits per heavy atom. The Balaban J connectivity index is 1.57. The number of carbonyl (C=O) groups is 3. The van der Waals surface area contributed by atoms with Gasteiger partial charge in [0.1, 0.15) is 5.54 Å². The minimum absolute atomic E-state index is 0.141. The molecule has 1 spiro atoms. The van der Waals surface area contributed by atoms with Crippen LogP contribution in [0, 0.1) is 18.8 Å². The molecule has 4 atom stereocenters. The van der Waals surface area contributed by atoms with E-state index in [1.165, 1.54) is 4.90 Å². The van der Waals surface area contributed by atoms with Crippen molar-refractivity contribution in [1.82, 2.24) is 4.90 Å². The van der Waals surface area contributed by atoms with Crippen molar-refractivity contribution >= 4 is 56.6 Å². The van der Waals surface area contributed by atoms with E-state index in [-0.39, 0.29) is 23.8 Å². The van der Waals surface area contributed by atoms with Crippen LogP contribution in [0.15, 0.2) is 40.9 Å². The number of halogens is 2. The zero-order valence-electron chi connectivity index (χ0n) is 16.7. The molecule has 0 saturated carbocycles. The molecule has 3 saturated heterocycles. The van der Waals surface area contributed by atoms with E-state index in [9.17, 15) is 14.4 Å². The highest BCUT2D eigenvalue weighted by Crippen LogP contribution is 2.61. The van der Waals surface area contributed by atoms with Crippen LogP contribution in [0.1, 0.15) is 24.0 Å². The van der Waals surface area contributed by atoms with E-state index in [4.69, 9.17) is 11.6 Å². The molecule has 4 aliphatic heterocycles. The van der Waals surface area contributed by atoms with Crippen molar-refractivity contribution in [3.05, 3.63) is 57.0 Å². The number of imide groups is 1. The molecule has 2 aromatic carbocycles. The molecule has 3 fully saturated rings. The lowest BCUT2D eigenvalue weighted by Gasteiger charge is -2.36. The average molecular weight is 501 g/mol. The zero-order valence-corrected chi connectivity index (χ0v) is 19.0. The topological polar surface area (TPSA) is 69.7 Å². The van der Waals surface area contributed by atoms with E-state index in [1.54, 1.807) is 12.1 Å². The summed E-state index contributed by atoms with van der Waals surface area (Å²) in [5.41, 5.74) is 1.54. The molecule has 8 heteroatoms. The van der Waals surface area contributed by atoms with Gasteiger partial charge in [-0.25, -0.2) is 4.90 Å². The summed E-state index contributed by atoms with van der Waals surface area (Å²) < 4.78 is 0.864. The third-order valence-electron chi connectivity index (χ3n) is 7.28. The van der Waals surface area contributed by atoms with Crippen molar-refractivity contribution in [2.24, 2.45) is 11.8 Å². The highest BCUT2D eigenvalue weighted by atomic mass is 79.9. The van der Waals surface area contributed by atoms with Gasteiger partial charge in [-0.3, -0.25) is 19.3 Å². The summed E-state index contributed by atoms with van der Waals surface area (Å²) in [6.07, 6.45) is 1.68. The van der Waals surface area contributed by atoms with E-state index in [0.29, 0.717) is 22.9 Å². The van der Waals surface area contributed by atoms with Gasteiger partial charge in [-0.1, -0.05) is 33.6 Å². The van der Waals surface area contributed by atoms with Gasteiger partial charge in [0.2, 0.25) is 11.8 Å². The van der Waals surface area contributed by atoms with Gasteiger partial charge in [-0.05, 0) is 62.2 Å². The quantitative estimate of drug-likeness (QED) is 0.604. The second-order valence-corrected chi connectivity index (χ2v) is 10.1. The Hall–Kier alpha value is -2.22. The number of hydrogen-bond acceptors (Lipinski definition) is 4. The van der Waals surface area contributed by atoms with Crippen molar-refractivity contribution in [2.75, 3.05) is 16.8 Å². The largest absolute Gasteiger partial charge is 0.323 e. The molecule has 1 N–H and O–H groups in total. The first kappa shape index (κ1) is 19.5. The van der Waals surface area contributed by atoms with Crippen LogP contribution < -0.4 is 10.2 Å². The Morgan fingerprint density at radius 1 is 1.13 bits per heavy atom. The van der Waals surface area contributed by atoms with E-state index < -0.39 is 17.4 Å². The number of aryl methyl sites for hydroxylation is 1. The van der Waals surface area contributed by atoms with Crippen molar-refractivity contribution in [1.29, 1.82) is 0 Å². The summed E-state index contributed by atoms with van der Waals surface area (Å²) in [6, 6.07) is 10.7. The number of hydrogen-bond donors (Lipinski definition) is 1. The minimum Gasteiger partial charge on any atom is -0.323 e. The van der Waals surface area contributed by atoms with Gasteiger partial charge in [-0.2, -0.15) is 0 Å². The van der Waals surface area contributed by atoms with Crippen LogP contribution in [0.2, 0.25) is 5.02 Å². The SMILES string of the molecule is Cc1cc(Cl)c2c(c1)[C@]1(C(=O)N2)[C@@H]2C(=O)N(c3ccc(Br)cc3)C(=O)[C@H]2[C@@H]2CCCN21. The molecule has 31 heavy (non-hydrogen) atoms. The van der Waals surface area contributed by atoms with Crippen LogP contribution in [0.25, 0.3) is 0 Å². The molecule has 4 heterocycles. The molecule has 0 aliphatic carbocycles. The fraction of sp³-hybridized carbons (Fsp3) is 0.348. The Kier molecular flexibility index (Phi) is 4.02. The zero-order chi connectivity index (χ0) is 21.7. The van der Waals surface area contributed by atoms with E-state index in [0.717, 1.165) is 28.4 Å². The fourth-order valence-corrected chi connectivity index (χ4v) is 6.83.